The lowest BCUT2D eigenvalue weighted by molar-refractivity contribution is -0.0927. The normalized spacial score (nSPS) is 26.0. The van der Waals surface area contributed by atoms with E-state index in [2.05, 4.69) is 65.6 Å². The van der Waals surface area contributed by atoms with Crippen molar-refractivity contribution in [3.05, 3.63) is 71.8 Å². The summed E-state index contributed by atoms with van der Waals surface area (Å²) in [6, 6.07) is 21.3. The van der Waals surface area contributed by atoms with Gasteiger partial charge in [-0.15, -0.1) is 12.4 Å². The van der Waals surface area contributed by atoms with Gasteiger partial charge in [-0.3, -0.25) is 0 Å². The Morgan fingerprint density at radius 3 is 1.78 bits per heavy atom. The van der Waals surface area contributed by atoms with Gasteiger partial charge in [0.1, 0.15) is 6.10 Å². The monoisotopic (exact) mass is 329 g/mol. The van der Waals surface area contributed by atoms with Crippen molar-refractivity contribution in [3.63, 3.8) is 0 Å². The predicted molar refractivity (Wildman–Crippen MR) is 96.0 cm³/mol. The van der Waals surface area contributed by atoms with Gasteiger partial charge in [-0.1, -0.05) is 60.7 Å². The van der Waals surface area contributed by atoms with Gasteiger partial charge >= 0.3 is 0 Å². The molecule has 122 valence electrons. The predicted octanol–water partition coefficient (Wildman–Crippen LogP) is 4.31. The molecule has 3 saturated heterocycles. The van der Waals surface area contributed by atoms with Crippen molar-refractivity contribution in [2.45, 2.75) is 25.0 Å². The van der Waals surface area contributed by atoms with Gasteiger partial charge in [0.15, 0.2) is 0 Å². The number of halogens is 1. The average Bonchev–Trinajstić information content (AvgIpc) is 2.62. The third-order valence-corrected chi connectivity index (χ3v) is 5.11. The van der Waals surface area contributed by atoms with E-state index in [-0.39, 0.29) is 18.5 Å². The number of hydrogen-bond acceptors (Lipinski definition) is 2. The lowest BCUT2D eigenvalue weighted by atomic mass is 9.85. The second-order valence-electron chi connectivity index (χ2n) is 6.51. The molecule has 0 aromatic heterocycles. The molecule has 5 rings (SSSR count). The highest BCUT2D eigenvalue weighted by Gasteiger charge is 2.36. The van der Waals surface area contributed by atoms with E-state index in [1.807, 2.05) is 0 Å². The summed E-state index contributed by atoms with van der Waals surface area (Å²) < 4.78 is 6.66. The maximum atomic E-state index is 6.66. The molecule has 3 aliphatic heterocycles. The molecule has 1 atom stereocenters. The van der Waals surface area contributed by atoms with E-state index in [9.17, 15) is 0 Å². The zero-order valence-electron chi connectivity index (χ0n) is 13.3. The molecular weight excluding hydrogens is 306 g/mol. The highest BCUT2D eigenvalue weighted by molar-refractivity contribution is 5.85. The van der Waals surface area contributed by atoms with Crippen molar-refractivity contribution < 1.29 is 4.74 Å². The quantitative estimate of drug-likeness (QED) is 0.828. The van der Waals surface area contributed by atoms with E-state index in [0.717, 1.165) is 12.5 Å². The van der Waals surface area contributed by atoms with Gasteiger partial charge in [-0.25, -0.2) is 0 Å². The molecule has 3 heterocycles. The molecule has 0 saturated carbocycles. The number of ether oxygens (including phenoxy) is 1. The Hall–Kier alpha value is -1.35. The minimum atomic E-state index is 0. The summed E-state index contributed by atoms with van der Waals surface area (Å²) in [6.45, 7) is 3.61. The standard InChI is InChI=1S/C20H23NO.ClH/c1-3-7-17(8-4-1)20(18-9-5-2-6-10-18)22-19-15-21-13-11-16(19)12-14-21;/h1-10,16,19-20H,11-15H2;1H. The Kier molecular flexibility index (Phi) is 5.37. The lowest BCUT2D eigenvalue weighted by Gasteiger charge is -2.45. The Balaban J connectivity index is 0.00000156. The molecule has 3 aliphatic rings. The second-order valence-corrected chi connectivity index (χ2v) is 6.51. The molecule has 3 heteroatoms. The minimum absolute atomic E-state index is 0. The van der Waals surface area contributed by atoms with E-state index in [4.69, 9.17) is 4.74 Å². The van der Waals surface area contributed by atoms with Crippen molar-refractivity contribution >= 4 is 12.4 Å². The molecule has 2 aromatic rings. The van der Waals surface area contributed by atoms with Crippen LogP contribution in [-0.4, -0.2) is 30.6 Å². The van der Waals surface area contributed by atoms with Crippen molar-refractivity contribution in [1.29, 1.82) is 0 Å². The summed E-state index contributed by atoms with van der Waals surface area (Å²) in [4.78, 5) is 2.55. The number of rotatable bonds is 4. The van der Waals surface area contributed by atoms with Crippen LogP contribution >= 0.6 is 12.4 Å². The molecular formula is C20H24ClNO. The van der Waals surface area contributed by atoms with Gasteiger partial charge in [0, 0.05) is 6.54 Å². The fourth-order valence-electron chi connectivity index (χ4n) is 3.85. The first-order valence-electron chi connectivity index (χ1n) is 8.38. The SMILES string of the molecule is Cl.c1ccc(C(OC2CN3CCC2CC3)c2ccccc2)cc1. The van der Waals surface area contributed by atoms with Crippen molar-refractivity contribution in [2.24, 2.45) is 5.92 Å². The molecule has 0 spiro atoms. The second kappa shape index (κ2) is 7.48. The fourth-order valence-corrected chi connectivity index (χ4v) is 3.85. The highest BCUT2D eigenvalue weighted by atomic mass is 35.5. The molecule has 0 N–H and O–H groups in total. The Labute approximate surface area is 144 Å². The van der Waals surface area contributed by atoms with Gasteiger partial charge < -0.3 is 9.64 Å². The smallest absolute Gasteiger partial charge is 0.108 e. The van der Waals surface area contributed by atoms with E-state index >= 15 is 0 Å². The molecule has 0 amide bonds. The summed E-state index contributed by atoms with van der Waals surface area (Å²) in [5.74, 6) is 0.736. The van der Waals surface area contributed by atoms with Crippen LogP contribution in [0, 0.1) is 5.92 Å². The molecule has 2 bridgehead atoms. The van der Waals surface area contributed by atoms with Crippen LogP contribution in [-0.2, 0) is 4.74 Å². The van der Waals surface area contributed by atoms with E-state index in [0.29, 0.717) is 6.10 Å². The largest absolute Gasteiger partial charge is 0.364 e. The molecule has 0 aliphatic carbocycles. The maximum Gasteiger partial charge on any atom is 0.108 e. The molecule has 1 unspecified atom stereocenters. The van der Waals surface area contributed by atoms with Crippen LogP contribution in [0.2, 0.25) is 0 Å². The number of hydrogen-bond donors (Lipinski definition) is 0. The number of piperidine rings is 3. The number of benzene rings is 2. The van der Waals surface area contributed by atoms with Crippen molar-refractivity contribution in [3.8, 4) is 0 Å². The first kappa shape index (κ1) is 16.5. The Bertz CT molecular complexity index is 556. The zero-order chi connectivity index (χ0) is 14.8. The van der Waals surface area contributed by atoms with Crippen LogP contribution < -0.4 is 0 Å². The highest BCUT2D eigenvalue weighted by Crippen LogP contribution is 2.35. The summed E-state index contributed by atoms with van der Waals surface area (Å²) in [5.41, 5.74) is 2.51. The minimum Gasteiger partial charge on any atom is -0.364 e. The third kappa shape index (κ3) is 3.60. The zero-order valence-corrected chi connectivity index (χ0v) is 14.1. The van der Waals surface area contributed by atoms with Gasteiger partial charge in [-0.2, -0.15) is 0 Å². The summed E-state index contributed by atoms with van der Waals surface area (Å²) in [7, 11) is 0. The van der Waals surface area contributed by atoms with Crippen LogP contribution in [0.25, 0.3) is 0 Å². The summed E-state index contributed by atoms with van der Waals surface area (Å²) in [6.07, 6.45) is 3.00. The Morgan fingerprint density at radius 1 is 0.826 bits per heavy atom. The molecule has 2 aromatic carbocycles. The van der Waals surface area contributed by atoms with Crippen LogP contribution in [0.3, 0.4) is 0 Å². The van der Waals surface area contributed by atoms with Crippen molar-refractivity contribution in [2.75, 3.05) is 19.6 Å². The van der Waals surface area contributed by atoms with E-state index in [1.165, 1.54) is 37.1 Å². The Morgan fingerprint density at radius 2 is 1.35 bits per heavy atom. The van der Waals surface area contributed by atoms with Crippen LogP contribution in [0.5, 0.6) is 0 Å². The number of nitrogens with zero attached hydrogens (tertiary/aromatic N) is 1. The third-order valence-electron chi connectivity index (χ3n) is 5.11. The number of fused-ring (bicyclic) bond motifs is 3. The van der Waals surface area contributed by atoms with Crippen LogP contribution in [0.4, 0.5) is 0 Å². The van der Waals surface area contributed by atoms with Gasteiger partial charge in [0.25, 0.3) is 0 Å². The molecule has 2 nitrogen and oxygen atoms in total. The van der Waals surface area contributed by atoms with Gasteiger partial charge in [0.05, 0.1) is 6.10 Å². The van der Waals surface area contributed by atoms with E-state index in [1.54, 1.807) is 0 Å². The topological polar surface area (TPSA) is 12.5 Å². The average molecular weight is 330 g/mol. The molecule has 0 radical (unpaired) electrons. The maximum absolute atomic E-state index is 6.66. The van der Waals surface area contributed by atoms with Crippen LogP contribution in [0.15, 0.2) is 60.7 Å². The van der Waals surface area contributed by atoms with Crippen molar-refractivity contribution in [1.82, 2.24) is 4.90 Å². The molecule has 23 heavy (non-hydrogen) atoms. The summed E-state index contributed by atoms with van der Waals surface area (Å²) >= 11 is 0. The van der Waals surface area contributed by atoms with Gasteiger partial charge in [0.2, 0.25) is 0 Å². The molecule has 3 fully saturated rings. The first-order chi connectivity index (χ1) is 10.9. The fraction of sp³-hybridized carbons (Fsp3) is 0.400. The van der Waals surface area contributed by atoms with Gasteiger partial charge in [-0.05, 0) is 43.0 Å². The van der Waals surface area contributed by atoms with Crippen LogP contribution in [0.1, 0.15) is 30.1 Å². The van der Waals surface area contributed by atoms with E-state index < -0.39 is 0 Å². The summed E-state index contributed by atoms with van der Waals surface area (Å²) in [5, 5.41) is 0. The lowest BCUT2D eigenvalue weighted by Crippen LogP contribution is -2.51. The first-order valence-corrected chi connectivity index (χ1v) is 8.38.